The molecule has 530 valence electrons. The molecule has 0 saturated carbocycles. The van der Waals surface area contributed by atoms with Crippen LogP contribution in [0.3, 0.4) is 0 Å². The molecule has 0 aromatic heterocycles. The van der Waals surface area contributed by atoms with Gasteiger partial charge in [0.2, 0.25) is 0 Å². The lowest BCUT2D eigenvalue weighted by Crippen LogP contribution is -2.45. The third-order valence-electron chi connectivity index (χ3n) is 17.5. The number of halogens is 3. The Morgan fingerprint density at radius 3 is 1.31 bits per heavy atom. The first-order valence-corrected chi connectivity index (χ1v) is 41.1. The van der Waals surface area contributed by atoms with Crippen molar-refractivity contribution in [1.82, 2.24) is 14.7 Å². The highest BCUT2D eigenvalue weighted by Gasteiger charge is 2.52. The number of amides is 5. The first-order chi connectivity index (χ1) is 46.9. The fourth-order valence-corrected chi connectivity index (χ4v) is 13.7. The zero-order valence-electron chi connectivity index (χ0n) is 58.2. The maximum atomic E-state index is 13.9. The van der Waals surface area contributed by atoms with Gasteiger partial charge in [-0.15, -0.1) is 0 Å². The summed E-state index contributed by atoms with van der Waals surface area (Å²) in [5.41, 5.74) is 3.28. The Morgan fingerprint density at radius 2 is 0.889 bits per heavy atom. The minimum absolute atomic E-state index is 0.0199. The second-order valence-corrected chi connectivity index (χ2v) is 39.3. The molecule has 0 aliphatic carbocycles. The van der Waals surface area contributed by atoms with Crippen LogP contribution in [0.15, 0.2) is 114 Å². The van der Waals surface area contributed by atoms with Crippen molar-refractivity contribution >= 4 is 90.2 Å². The lowest BCUT2D eigenvalue weighted by Gasteiger charge is -2.26. The molecule has 0 spiro atoms. The molecule has 5 amide bonds. The van der Waals surface area contributed by atoms with Gasteiger partial charge in [-0.05, 0) is 76.5 Å². The van der Waals surface area contributed by atoms with Crippen molar-refractivity contribution in [1.29, 1.82) is 0 Å². The van der Waals surface area contributed by atoms with Gasteiger partial charge in [0.25, 0.3) is 29.5 Å². The monoisotopic (exact) mass is 1420 g/mol. The van der Waals surface area contributed by atoms with Crippen LogP contribution in [0.25, 0.3) is 11.1 Å². The Morgan fingerprint density at radius 1 is 0.505 bits per heavy atom. The molecule has 22 nitrogen and oxygen atoms in total. The zero-order chi connectivity index (χ0) is 72.1. The van der Waals surface area contributed by atoms with Gasteiger partial charge in [-0.2, -0.15) is 21.6 Å². The van der Waals surface area contributed by atoms with Gasteiger partial charge in [0, 0.05) is 91.6 Å². The van der Waals surface area contributed by atoms with Crippen molar-refractivity contribution in [3.05, 3.63) is 148 Å². The average Bonchev–Trinajstić information content (AvgIpc) is 1.62. The quantitative estimate of drug-likeness (QED) is 0.0271. The number of benzene rings is 5. The predicted molar refractivity (Wildman–Crippen MR) is 375 cm³/mol. The fraction of sp³-hybridized carbons (Fsp3) is 0.408. The molecule has 0 unspecified atom stereocenters. The number of hydrogen-bond donors (Lipinski definition) is 0. The fourth-order valence-electron chi connectivity index (χ4n) is 11.7. The van der Waals surface area contributed by atoms with E-state index in [2.05, 4.69) is 111 Å². The summed E-state index contributed by atoms with van der Waals surface area (Å²) in [5, 5.41) is 0. The van der Waals surface area contributed by atoms with Crippen LogP contribution in [-0.2, 0) is 46.2 Å². The number of fused-ring (bicyclic) bond motifs is 6. The van der Waals surface area contributed by atoms with Gasteiger partial charge in [-0.1, -0.05) is 102 Å². The summed E-state index contributed by atoms with van der Waals surface area (Å²) in [6.45, 7) is 18.3. The molecule has 5 aromatic rings. The van der Waals surface area contributed by atoms with Gasteiger partial charge in [0.15, 0.2) is 34.5 Å². The van der Waals surface area contributed by atoms with Crippen LogP contribution in [0.4, 0.5) is 30.2 Å². The second kappa shape index (κ2) is 30.7. The molecule has 11 rings (SSSR count). The summed E-state index contributed by atoms with van der Waals surface area (Å²) in [4.78, 5) is 79.3. The number of carbonyl (C=O) groups excluding carboxylic acids is 5. The molecule has 5 aromatic carbocycles. The molecular weight excluding hydrogens is 1340 g/mol. The van der Waals surface area contributed by atoms with Crippen LogP contribution in [-0.4, -0.2) is 168 Å². The first kappa shape index (κ1) is 74.3. The molecule has 6 aliphatic rings. The number of hydrogen-bond acceptors (Lipinski definition) is 17. The summed E-state index contributed by atoms with van der Waals surface area (Å²) in [5.74, 6) is -0.238. The van der Waals surface area contributed by atoms with E-state index >= 15 is 0 Å². The van der Waals surface area contributed by atoms with Crippen LogP contribution < -0.4 is 38.2 Å². The van der Waals surface area contributed by atoms with Crippen LogP contribution in [0.5, 0.6) is 34.5 Å². The number of ether oxygens (including phenoxy) is 8. The number of carbonyl (C=O) groups is 5. The third-order valence-corrected chi connectivity index (χ3v) is 21.9. The molecule has 6 aliphatic heterocycles. The number of methoxy groups -OCH3 is 6. The predicted octanol–water partition coefficient (Wildman–Crippen LogP) is 12.7. The van der Waals surface area contributed by atoms with E-state index in [-0.39, 0.29) is 60.0 Å². The van der Waals surface area contributed by atoms with E-state index in [1.54, 1.807) is 53.2 Å². The Hall–Kier alpha value is -8.97. The van der Waals surface area contributed by atoms with Crippen LogP contribution in [0.1, 0.15) is 86.4 Å². The van der Waals surface area contributed by atoms with Crippen LogP contribution in [0, 0.1) is 0 Å². The van der Waals surface area contributed by atoms with Crippen molar-refractivity contribution in [2.24, 2.45) is 4.99 Å². The molecule has 0 bridgehead atoms. The molecule has 99 heavy (non-hydrogen) atoms. The molecule has 0 fully saturated rings. The largest absolute Gasteiger partial charge is 0.534 e. The number of nitrogens with zero attached hydrogens (tertiary/aromatic N) is 6. The van der Waals surface area contributed by atoms with E-state index in [0.717, 1.165) is 64.7 Å². The summed E-state index contributed by atoms with van der Waals surface area (Å²) in [7, 11) is 0.208. The average molecular weight is 1420 g/mol. The minimum atomic E-state index is -5.98. The van der Waals surface area contributed by atoms with Gasteiger partial charge >= 0.3 is 15.6 Å². The molecule has 0 N–H and O–H groups in total. The number of aryl methyl sites for hydroxylation is 2. The lowest BCUT2D eigenvalue weighted by atomic mass is 10.00. The number of aliphatic imine (C=N–C) groups is 1. The molecule has 28 heteroatoms. The standard InChI is InChI=1S/C28H36N2O5Si.C22H22N2O3.C21H27F3N2O8SSi/c1-7-19-8-10-20(11-9-19)21-14-24-28(32)30(18-35-12-13-36(4,5)6)23-16-26(34-3)25(33-2)15-22(23)27(31)29(24)17-21;1-4-14-5-7-15(8-6-14)16-9-17-12-23-19-11-21(27-3)20(26-2)10-18(19)22(25)24(17)13-16;1-31-17-9-14-15(10-18(17)32-2)26(12-33-6-7-36(3,4)5)20(28)16-8-13(11-25(16)19(14)27)34-35(29,30)21(22,23)24/h8-11,15-17,24H,7,12-14,18H2,1-6H3;5-8,10-13,17H,4,9H2,1-3H3;9-11,16H,6-8,12H2,1-5H3/t24-;17-;16-/m000/s1. The van der Waals surface area contributed by atoms with Gasteiger partial charge in [0.1, 0.15) is 31.3 Å². The first-order valence-electron chi connectivity index (χ1n) is 32.3. The highest BCUT2D eigenvalue weighted by atomic mass is 32.2. The second-order valence-electron chi connectivity index (χ2n) is 26.5. The van der Waals surface area contributed by atoms with Crippen LogP contribution >= 0.6 is 0 Å². The topological polar surface area (TPSA) is 231 Å². The van der Waals surface area contributed by atoms with Gasteiger partial charge in [-0.25, -0.2) is 0 Å². The number of alkyl halides is 3. The smallest absolute Gasteiger partial charge is 0.493 e. The Labute approximate surface area is 577 Å². The van der Waals surface area contributed by atoms with E-state index < -0.39 is 67.9 Å². The Balaban J connectivity index is 0.000000175. The lowest BCUT2D eigenvalue weighted by molar-refractivity contribution is -0.123. The van der Waals surface area contributed by atoms with Gasteiger partial charge in [-0.3, -0.25) is 43.7 Å². The highest BCUT2D eigenvalue weighted by Crippen LogP contribution is 2.45. The third kappa shape index (κ3) is 16.5. The normalized spacial score (nSPS) is 17.9. The number of rotatable bonds is 22. The molecule has 0 radical (unpaired) electrons. The maximum absolute atomic E-state index is 13.9. The summed E-state index contributed by atoms with van der Waals surface area (Å²) in [6.07, 6.45) is 9.01. The summed E-state index contributed by atoms with van der Waals surface area (Å²) < 4.78 is 110. The summed E-state index contributed by atoms with van der Waals surface area (Å²) in [6, 6.07) is 26.1. The van der Waals surface area contributed by atoms with Gasteiger partial charge < -0.3 is 51.9 Å². The van der Waals surface area contributed by atoms with E-state index in [9.17, 15) is 45.6 Å². The minimum Gasteiger partial charge on any atom is -0.493 e. The van der Waals surface area contributed by atoms with Crippen molar-refractivity contribution in [3.8, 4) is 34.5 Å². The SMILES string of the molecule is CCc1ccc(C2=CN3C(=O)c4cc(OC)c(OC)cc4N(COCC[Si](C)(C)C)C(=O)[C@@H]3C2)cc1.CCc1ccc(C2=CN3C(=O)c4cc(OC)c(OC)cc4N=C[C@@H]3C2)cc1.COc1cc2c(cc1OC)N(COCC[Si](C)(C)C)C(=O)[C@@H]1CC(OS(=O)(=O)C(F)(F)F)=CN1C2=O. The zero-order valence-corrected chi connectivity index (χ0v) is 61.0. The highest BCUT2D eigenvalue weighted by molar-refractivity contribution is 7.87. The molecule has 6 heterocycles. The molecular formula is C71H85F3N6O16SSi2. The van der Waals surface area contributed by atoms with Gasteiger partial charge in [0.05, 0.1) is 82.5 Å². The molecule has 3 atom stereocenters. The van der Waals surface area contributed by atoms with Crippen molar-refractivity contribution in [2.75, 3.05) is 79.1 Å². The summed E-state index contributed by atoms with van der Waals surface area (Å²) >= 11 is 0. The van der Waals surface area contributed by atoms with Crippen molar-refractivity contribution < 1.29 is 87.6 Å². The van der Waals surface area contributed by atoms with Crippen molar-refractivity contribution in [2.45, 2.75) is 121 Å². The Kier molecular flexibility index (Phi) is 23.0. The van der Waals surface area contributed by atoms with E-state index in [4.69, 9.17) is 37.9 Å². The van der Waals surface area contributed by atoms with E-state index in [1.807, 2.05) is 18.6 Å². The van der Waals surface area contributed by atoms with Crippen LogP contribution in [0.2, 0.25) is 51.4 Å². The number of anilines is 2. The molecule has 0 saturated heterocycles. The maximum Gasteiger partial charge on any atom is 0.534 e. The van der Waals surface area contributed by atoms with Crippen molar-refractivity contribution in [3.63, 3.8) is 0 Å². The van der Waals surface area contributed by atoms with E-state index in [0.29, 0.717) is 65.1 Å². The van der Waals surface area contributed by atoms with E-state index in [1.165, 1.54) is 56.6 Å². The Bertz CT molecular complexity index is 4130.